The van der Waals surface area contributed by atoms with Crippen molar-refractivity contribution in [1.82, 2.24) is 10.6 Å². The van der Waals surface area contributed by atoms with Crippen LogP contribution in [-0.2, 0) is 0 Å². The molecule has 0 aromatic heterocycles. The smallest absolute Gasteiger partial charge is 0.0191 e. The molecule has 0 spiro atoms. The zero-order chi connectivity index (χ0) is 16.4. The monoisotopic (exact) mass is 285 g/mol. The zero-order valence-electron chi connectivity index (χ0n) is 15.6. The predicted octanol–water partition coefficient (Wildman–Crippen LogP) is 3.14. The van der Waals surface area contributed by atoms with Crippen molar-refractivity contribution in [2.45, 2.75) is 86.4 Å². The fourth-order valence-electron chi connectivity index (χ4n) is 1.79. The molecule has 0 radical (unpaired) electrons. The van der Waals surface area contributed by atoms with Gasteiger partial charge in [0.2, 0.25) is 0 Å². The third-order valence-corrected chi connectivity index (χ3v) is 5.53. The molecule has 0 aromatic carbocycles. The molecule has 0 amide bonds. The Hall–Kier alpha value is -0.120. The molecule has 3 heteroatoms. The van der Waals surface area contributed by atoms with Gasteiger partial charge in [-0.05, 0) is 52.0 Å². The summed E-state index contributed by atoms with van der Waals surface area (Å²) < 4.78 is 0. The molecule has 0 saturated heterocycles. The fraction of sp³-hybridized carbons (Fsp3) is 1.00. The molecule has 0 saturated carbocycles. The van der Waals surface area contributed by atoms with E-state index in [0.29, 0.717) is 12.6 Å². The normalized spacial score (nSPS) is 16.4. The molecule has 0 aliphatic carbocycles. The van der Waals surface area contributed by atoms with Crippen molar-refractivity contribution in [3.05, 3.63) is 0 Å². The van der Waals surface area contributed by atoms with E-state index in [9.17, 15) is 0 Å². The largest absolute Gasteiger partial charge is 0.330 e. The number of hydrogen-bond acceptors (Lipinski definition) is 3. The summed E-state index contributed by atoms with van der Waals surface area (Å²) in [7, 11) is 0. The first-order chi connectivity index (χ1) is 8.66. The molecule has 3 nitrogen and oxygen atoms in total. The van der Waals surface area contributed by atoms with Crippen molar-refractivity contribution in [3.8, 4) is 0 Å². The highest BCUT2D eigenvalue weighted by molar-refractivity contribution is 4.96. The van der Waals surface area contributed by atoms with Crippen LogP contribution in [0, 0.1) is 10.8 Å². The molecule has 1 unspecified atom stereocenters. The highest BCUT2D eigenvalue weighted by atomic mass is 15.1. The third-order valence-electron chi connectivity index (χ3n) is 5.53. The van der Waals surface area contributed by atoms with E-state index in [1.807, 2.05) is 0 Å². The summed E-state index contributed by atoms with van der Waals surface area (Å²) >= 11 is 0. The standard InChI is InChI=1S/C17H39N3/c1-13(11-19-16(7,8)14(2,3)4)20-17(9,10)15(5,6)12-18/h13,19-20H,11-12,18H2,1-10H3. The van der Waals surface area contributed by atoms with Crippen LogP contribution in [0.1, 0.15) is 69.2 Å². The summed E-state index contributed by atoms with van der Waals surface area (Å²) in [6.07, 6.45) is 0. The minimum absolute atomic E-state index is 0.00865. The predicted molar refractivity (Wildman–Crippen MR) is 91.0 cm³/mol. The molecule has 0 aliphatic rings. The maximum atomic E-state index is 5.91. The Morgan fingerprint density at radius 2 is 1.30 bits per heavy atom. The minimum Gasteiger partial charge on any atom is -0.330 e. The lowest BCUT2D eigenvalue weighted by atomic mass is 9.74. The lowest BCUT2D eigenvalue weighted by Crippen LogP contribution is -2.60. The summed E-state index contributed by atoms with van der Waals surface area (Å²) in [6, 6.07) is 0.400. The van der Waals surface area contributed by atoms with Crippen molar-refractivity contribution in [2.75, 3.05) is 13.1 Å². The van der Waals surface area contributed by atoms with Crippen LogP contribution in [-0.4, -0.2) is 30.2 Å². The number of rotatable bonds is 7. The molecule has 20 heavy (non-hydrogen) atoms. The van der Waals surface area contributed by atoms with Gasteiger partial charge >= 0.3 is 0 Å². The second-order valence-corrected chi connectivity index (χ2v) is 9.01. The first-order valence-corrected chi connectivity index (χ1v) is 7.89. The Balaban J connectivity index is 4.56. The lowest BCUT2D eigenvalue weighted by Gasteiger charge is -2.45. The number of nitrogens with one attached hydrogen (secondary N) is 2. The van der Waals surface area contributed by atoms with Crippen LogP contribution in [0.15, 0.2) is 0 Å². The van der Waals surface area contributed by atoms with E-state index in [-0.39, 0.29) is 21.9 Å². The molecule has 4 N–H and O–H groups in total. The molecular formula is C17H39N3. The molecule has 0 fully saturated rings. The van der Waals surface area contributed by atoms with Gasteiger partial charge in [-0.15, -0.1) is 0 Å². The van der Waals surface area contributed by atoms with Crippen molar-refractivity contribution >= 4 is 0 Å². The summed E-state index contributed by atoms with van der Waals surface area (Å²) in [5, 5.41) is 7.43. The topological polar surface area (TPSA) is 50.1 Å². The van der Waals surface area contributed by atoms with E-state index < -0.39 is 0 Å². The SMILES string of the molecule is CC(CNC(C)(C)C(C)(C)C)NC(C)(C)C(C)(C)CN. The maximum Gasteiger partial charge on any atom is 0.0191 e. The van der Waals surface area contributed by atoms with Crippen LogP contribution in [0.4, 0.5) is 0 Å². The fourth-order valence-corrected chi connectivity index (χ4v) is 1.79. The van der Waals surface area contributed by atoms with E-state index in [0.717, 1.165) is 6.54 Å². The summed E-state index contributed by atoms with van der Waals surface area (Å²) in [5.74, 6) is 0. The van der Waals surface area contributed by atoms with Gasteiger partial charge in [0.1, 0.15) is 0 Å². The van der Waals surface area contributed by atoms with Crippen LogP contribution in [0.3, 0.4) is 0 Å². The zero-order valence-corrected chi connectivity index (χ0v) is 15.6. The Kier molecular flexibility index (Phi) is 6.29. The third kappa shape index (κ3) is 5.01. The van der Waals surface area contributed by atoms with Crippen LogP contribution in [0.5, 0.6) is 0 Å². The average Bonchev–Trinajstić information content (AvgIpc) is 2.24. The highest BCUT2D eigenvalue weighted by Crippen LogP contribution is 2.30. The minimum atomic E-state index is 0.00865. The van der Waals surface area contributed by atoms with Gasteiger partial charge in [0.05, 0.1) is 0 Å². The quantitative estimate of drug-likeness (QED) is 0.673. The van der Waals surface area contributed by atoms with Crippen LogP contribution < -0.4 is 16.4 Å². The number of hydrogen-bond donors (Lipinski definition) is 3. The Morgan fingerprint density at radius 1 is 0.850 bits per heavy atom. The molecule has 0 aliphatic heterocycles. The highest BCUT2D eigenvalue weighted by Gasteiger charge is 2.37. The molecule has 1 atom stereocenters. The average molecular weight is 286 g/mol. The maximum absolute atomic E-state index is 5.91. The van der Waals surface area contributed by atoms with Gasteiger partial charge in [-0.3, -0.25) is 0 Å². The van der Waals surface area contributed by atoms with E-state index in [1.54, 1.807) is 0 Å². The Bertz CT molecular complexity index is 298. The second kappa shape index (κ2) is 6.33. The first-order valence-electron chi connectivity index (χ1n) is 7.89. The summed E-state index contributed by atoms with van der Waals surface area (Å²) in [4.78, 5) is 0. The van der Waals surface area contributed by atoms with Gasteiger partial charge in [-0.25, -0.2) is 0 Å². The molecule has 0 rings (SSSR count). The van der Waals surface area contributed by atoms with Gasteiger partial charge in [0.25, 0.3) is 0 Å². The van der Waals surface area contributed by atoms with E-state index >= 15 is 0 Å². The van der Waals surface area contributed by atoms with Crippen molar-refractivity contribution in [1.29, 1.82) is 0 Å². The Morgan fingerprint density at radius 3 is 1.65 bits per heavy atom. The van der Waals surface area contributed by atoms with Gasteiger partial charge in [-0.2, -0.15) is 0 Å². The van der Waals surface area contributed by atoms with Crippen LogP contribution in [0.2, 0.25) is 0 Å². The molecule has 0 heterocycles. The number of nitrogens with two attached hydrogens (primary N) is 1. The van der Waals surface area contributed by atoms with Gasteiger partial charge in [0.15, 0.2) is 0 Å². The van der Waals surface area contributed by atoms with Gasteiger partial charge in [0, 0.05) is 23.7 Å². The molecule has 0 bridgehead atoms. The van der Waals surface area contributed by atoms with E-state index in [2.05, 4.69) is 79.9 Å². The molecule has 0 aromatic rings. The molecular weight excluding hydrogens is 246 g/mol. The van der Waals surface area contributed by atoms with Crippen molar-refractivity contribution < 1.29 is 0 Å². The van der Waals surface area contributed by atoms with Crippen LogP contribution in [0.25, 0.3) is 0 Å². The van der Waals surface area contributed by atoms with E-state index in [4.69, 9.17) is 5.73 Å². The van der Waals surface area contributed by atoms with Crippen molar-refractivity contribution in [3.63, 3.8) is 0 Å². The summed E-state index contributed by atoms with van der Waals surface area (Å²) in [5.41, 5.74) is 6.33. The first kappa shape index (κ1) is 19.9. The van der Waals surface area contributed by atoms with Crippen molar-refractivity contribution in [2.24, 2.45) is 16.6 Å². The van der Waals surface area contributed by atoms with Gasteiger partial charge in [-0.1, -0.05) is 34.6 Å². The van der Waals surface area contributed by atoms with E-state index in [1.165, 1.54) is 0 Å². The van der Waals surface area contributed by atoms with Crippen LogP contribution >= 0.6 is 0 Å². The lowest BCUT2D eigenvalue weighted by molar-refractivity contribution is 0.134. The molecule has 122 valence electrons. The van der Waals surface area contributed by atoms with Gasteiger partial charge < -0.3 is 16.4 Å². The summed E-state index contributed by atoms with van der Waals surface area (Å²) in [6.45, 7) is 24.2. The Labute approximate surface area is 127 Å². The second-order valence-electron chi connectivity index (χ2n) is 9.01.